The van der Waals surface area contributed by atoms with Gasteiger partial charge in [-0.15, -0.1) is 0 Å². The molecule has 1 atom stereocenters. The molecule has 49 heavy (non-hydrogen) atoms. The molecule has 0 N–H and O–H groups in total. The fraction of sp³-hybridized carbons (Fsp3) is 0.0455. The van der Waals surface area contributed by atoms with Gasteiger partial charge in [-0.1, -0.05) is 127 Å². The van der Waals surface area contributed by atoms with E-state index < -0.39 is 0 Å². The SMILES string of the molecule is C1=CC(c2nc3c(nc4ccccn43)c3ccccc23)CC(c2ccc(-c3nc(-c4ccc5ccccc5c4)c4ccccc4n3)cc2)=C1. The molecule has 1 aliphatic rings. The Morgan fingerprint density at radius 1 is 0.571 bits per heavy atom. The Morgan fingerprint density at radius 3 is 2.20 bits per heavy atom. The van der Waals surface area contributed by atoms with Crippen molar-refractivity contribution in [3.8, 4) is 22.6 Å². The number of rotatable bonds is 4. The Morgan fingerprint density at radius 2 is 1.31 bits per heavy atom. The summed E-state index contributed by atoms with van der Waals surface area (Å²) in [6.45, 7) is 0. The molecule has 5 aromatic carbocycles. The smallest absolute Gasteiger partial charge is 0.165 e. The van der Waals surface area contributed by atoms with Gasteiger partial charge in [0.2, 0.25) is 0 Å². The van der Waals surface area contributed by atoms with Crippen LogP contribution in [0.15, 0.2) is 158 Å². The number of allylic oxidation sites excluding steroid dienone is 4. The molecular weight excluding hydrogens is 599 g/mol. The van der Waals surface area contributed by atoms with Crippen molar-refractivity contribution in [2.24, 2.45) is 0 Å². The van der Waals surface area contributed by atoms with Crippen LogP contribution in [0, 0.1) is 0 Å². The van der Waals surface area contributed by atoms with E-state index in [9.17, 15) is 0 Å². The largest absolute Gasteiger partial charge is 0.284 e. The second-order valence-electron chi connectivity index (χ2n) is 12.7. The highest BCUT2D eigenvalue weighted by Crippen LogP contribution is 2.38. The topological polar surface area (TPSA) is 56.0 Å². The lowest BCUT2D eigenvalue weighted by atomic mass is 9.86. The minimum atomic E-state index is 0.136. The van der Waals surface area contributed by atoms with Crippen molar-refractivity contribution in [2.45, 2.75) is 12.3 Å². The molecule has 230 valence electrons. The summed E-state index contributed by atoms with van der Waals surface area (Å²) >= 11 is 0. The van der Waals surface area contributed by atoms with E-state index in [4.69, 9.17) is 19.9 Å². The van der Waals surface area contributed by atoms with Gasteiger partial charge >= 0.3 is 0 Å². The van der Waals surface area contributed by atoms with E-state index in [0.717, 1.165) is 73.2 Å². The van der Waals surface area contributed by atoms with E-state index in [-0.39, 0.29) is 5.92 Å². The average molecular weight is 628 g/mol. The molecule has 4 heterocycles. The fourth-order valence-electron chi connectivity index (χ4n) is 7.32. The van der Waals surface area contributed by atoms with Crippen LogP contribution in [0.5, 0.6) is 0 Å². The van der Waals surface area contributed by atoms with Gasteiger partial charge in [0, 0.05) is 39.4 Å². The van der Waals surface area contributed by atoms with Crippen molar-refractivity contribution < 1.29 is 0 Å². The zero-order chi connectivity index (χ0) is 32.3. The minimum Gasteiger partial charge on any atom is -0.284 e. The first-order chi connectivity index (χ1) is 24.3. The molecule has 4 aromatic heterocycles. The fourth-order valence-corrected chi connectivity index (χ4v) is 7.32. The van der Waals surface area contributed by atoms with Crippen molar-refractivity contribution in [3.63, 3.8) is 0 Å². The molecule has 1 unspecified atom stereocenters. The molecule has 0 radical (unpaired) electrons. The van der Waals surface area contributed by atoms with E-state index in [2.05, 4.69) is 132 Å². The monoisotopic (exact) mass is 627 g/mol. The van der Waals surface area contributed by atoms with E-state index >= 15 is 0 Å². The average Bonchev–Trinajstić information content (AvgIpc) is 3.56. The standard InChI is InChI=1S/C44H29N5/c1-2-11-31-27-34(24-21-28(31)10-1)41-37-16-5-6-17-38(37)45-43(47-41)30-22-19-29(20-23-30)32-12-9-13-33(26-32)40-35-14-3-4-15-36(35)42-44(48-40)49-25-8-7-18-39(49)46-42/h1-25,27,33H,26H2. The van der Waals surface area contributed by atoms with Crippen molar-refractivity contribution in [1.82, 2.24) is 24.3 Å². The molecule has 0 saturated carbocycles. The Balaban J connectivity index is 1.00. The first-order valence-electron chi connectivity index (χ1n) is 16.7. The van der Waals surface area contributed by atoms with Gasteiger partial charge in [0.05, 0.1) is 16.9 Å². The second-order valence-corrected chi connectivity index (χ2v) is 12.7. The number of fused-ring (bicyclic) bond motifs is 7. The molecule has 10 rings (SSSR count). The van der Waals surface area contributed by atoms with E-state index in [1.807, 2.05) is 30.5 Å². The normalized spacial score (nSPS) is 14.7. The quantitative estimate of drug-likeness (QED) is 0.195. The number of imidazole rings is 1. The lowest BCUT2D eigenvalue weighted by Gasteiger charge is -2.20. The van der Waals surface area contributed by atoms with Gasteiger partial charge in [-0.3, -0.25) is 4.40 Å². The number of aromatic nitrogens is 5. The first-order valence-corrected chi connectivity index (χ1v) is 16.7. The number of benzene rings is 5. The van der Waals surface area contributed by atoms with Gasteiger partial charge in [-0.05, 0) is 52.6 Å². The summed E-state index contributed by atoms with van der Waals surface area (Å²) in [4.78, 5) is 20.4. The summed E-state index contributed by atoms with van der Waals surface area (Å²) in [5, 5.41) is 5.75. The molecule has 5 heteroatoms. The van der Waals surface area contributed by atoms with Crippen LogP contribution >= 0.6 is 0 Å². The van der Waals surface area contributed by atoms with Crippen LogP contribution in [0.1, 0.15) is 23.6 Å². The van der Waals surface area contributed by atoms with Crippen LogP contribution in [0.25, 0.3) is 77.5 Å². The van der Waals surface area contributed by atoms with Crippen LogP contribution < -0.4 is 0 Å². The zero-order valence-corrected chi connectivity index (χ0v) is 26.5. The molecule has 1 aliphatic carbocycles. The van der Waals surface area contributed by atoms with Gasteiger partial charge < -0.3 is 0 Å². The van der Waals surface area contributed by atoms with Gasteiger partial charge in [0.25, 0.3) is 0 Å². The Bertz CT molecular complexity index is 2810. The molecule has 0 bridgehead atoms. The van der Waals surface area contributed by atoms with Crippen LogP contribution in [-0.2, 0) is 0 Å². The number of nitrogens with zero attached hydrogens (tertiary/aromatic N) is 5. The summed E-state index contributed by atoms with van der Waals surface area (Å²) in [7, 11) is 0. The number of pyridine rings is 2. The number of hydrogen-bond acceptors (Lipinski definition) is 4. The van der Waals surface area contributed by atoms with Gasteiger partial charge in [0.15, 0.2) is 11.5 Å². The molecule has 0 saturated heterocycles. The second kappa shape index (κ2) is 11.1. The van der Waals surface area contributed by atoms with Crippen molar-refractivity contribution in [3.05, 3.63) is 169 Å². The molecule has 0 amide bonds. The highest BCUT2D eigenvalue weighted by Gasteiger charge is 2.22. The van der Waals surface area contributed by atoms with Gasteiger partial charge in [0.1, 0.15) is 11.2 Å². The lowest BCUT2D eigenvalue weighted by molar-refractivity contribution is 0.841. The number of hydrogen-bond donors (Lipinski definition) is 0. The lowest BCUT2D eigenvalue weighted by Crippen LogP contribution is -2.05. The summed E-state index contributed by atoms with van der Waals surface area (Å²) in [6, 6.07) is 46.6. The summed E-state index contributed by atoms with van der Waals surface area (Å²) in [6.07, 6.45) is 9.58. The van der Waals surface area contributed by atoms with Crippen molar-refractivity contribution in [1.29, 1.82) is 0 Å². The van der Waals surface area contributed by atoms with Crippen LogP contribution in [-0.4, -0.2) is 24.3 Å². The van der Waals surface area contributed by atoms with Crippen LogP contribution in [0.2, 0.25) is 0 Å². The highest BCUT2D eigenvalue weighted by molar-refractivity contribution is 6.05. The Kier molecular flexibility index (Phi) is 6.24. The van der Waals surface area contributed by atoms with E-state index in [1.165, 1.54) is 21.9 Å². The van der Waals surface area contributed by atoms with Crippen molar-refractivity contribution in [2.75, 3.05) is 0 Å². The maximum atomic E-state index is 5.28. The predicted octanol–water partition coefficient (Wildman–Crippen LogP) is 10.6. The predicted molar refractivity (Wildman–Crippen MR) is 200 cm³/mol. The Labute approximate surface area is 282 Å². The Hall–Kier alpha value is -6.46. The van der Waals surface area contributed by atoms with Gasteiger partial charge in [-0.25, -0.2) is 19.9 Å². The summed E-state index contributed by atoms with van der Waals surface area (Å²) in [5.41, 5.74) is 10.3. The minimum absolute atomic E-state index is 0.136. The third-order valence-corrected chi connectivity index (χ3v) is 9.76. The summed E-state index contributed by atoms with van der Waals surface area (Å²) < 4.78 is 2.09. The zero-order valence-electron chi connectivity index (χ0n) is 26.5. The number of para-hydroxylation sites is 1. The first kappa shape index (κ1) is 27.6. The van der Waals surface area contributed by atoms with E-state index in [1.54, 1.807) is 0 Å². The third kappa shape index (κ3) is 4.62. The molecule has 0 spiro atoms. The molecule has 5 nitrogen and oxygen atoms in total. The van der Waals surface area contributed by atoms with Gasteiger partial charge in [-0.2, -0.15) is 0 Å². The maximum Gasteiger partial charge on any atom is 0.165 e. The summed E-state index contributed by atoms with van der Waals surface area (Å²) in [5.74, 6) is 0.859. The van der Waals surface area contributed by atoms with E-state index in [0.29, 0.717) is 0 Å². The molecular formula is C44H29N5. The molecule has 0 aliphatic heterocycles. The highest BCUT2D eigenvalue weighted by atomic mass is 15.1. The van der Waals surface area contributed by atoms with Crippen LogP contribution in [0.3, 0.4) is 0 Å². The third-order valence-electron chi connectivity index (χ3n) is 9.76. The van der Waals surface area contributed by atoms with Crippen molar-refractivity contribution >= 4 is 54.8 Å². The maximum absolute atomic E-state index is 5.28. The van der Waals surface area contributed by atoms with Crippen LogP contribution in [0.4, 0.5) is 0 Å². The molecule has 9 aromatic rings. The molecule has 0 fully saturated rings.